The number of sulfonamides is 1. The summed E-state index contributed by atoms with van der Waals surface area (Å²) in [4.78, 5) is 0.305. The number of aryl methyl sites for hydroxylation is 1. The average Bonchev–Trinajstić information content (AvgIpc) is 2.52. The first-order valence-electron chi connectivity index (χ1n) is 9.31. The highest BCUT2D eigenvalue weighted by molar-refractivity contribution is 7.89. The van der Waals surface area contributed by atoms with E-state index in [1.54, 1.807) is 24.3 Å². The summed E-state index contributed by atoms with van der Waals surface area (Å²) in [7, 11) is -5.06. The Morgan fingerprint density at radius 3 is 2.27 bits per heavy atom. The molecule has 26 heavy (non-hydrogen) atoms. The van der Waals surface area contributed by atoms with E-state index in [-0.39, 0.29) is 5.04 Å². The van der Waals surface area contributed by atoms with Crippen LogP contribution >= 0.6 is 0 Å². The van der Waals surface area contributed by atoms with Crippen molar-refractivity contribution in [2.45, 2.75) is 70.0 Å². The second-order valence-corrected chi connectivity index (χ2v) is 14.8. The quantitative estimate of drug-likeness (QED) is 0.342. The lowest BCUT2D eigenvalue weighted by Gasteiger charge is -2.36. The summed E-state index contributed by atoms with van der Waals surface area (Å²) in [6.07, 6.45) is 6.93. The van der Waals surface area contributed by atoms with E-state index in [1.165, 1.54) is 0 Å². The minimum Gasteiger partial charge on any atom is -0.417 e. The highest BCUT2D eigenvalue weighted by Gasteiger charge is 2.36. The Labute approximate surface area is 161 Å². The van der Waals surface area contributed by atoms with Crippen LogP contribution in [0.1, 0.15) is 45.6 Å². The summed E-state index contributed by atoms with van der Waals surface area (Å²) in [5.41, 5.74) is 1.04. The van der Waals surface area contributed by atoms with Gasteiger partial charge in [-0.2, -0.15) is 0 Å². The van der Waals surface area contributed by atoms with Gasteiger partial charge in [0, 0.05) is 13.2 Å². The lowest BCUT2D eigenvalue weighted by atomic mass is 10.2. The molecule has 1 aromatic rings. The smallest absolute Gasteiger partial charge is 0.240 e. The maximum absolute atomic E-state index is 12.1. The number of nitrogens with one attached hydrogen (secondary N) is 1. The third-order valence-corrected chi connectivity index (χ3v) is 10.9. The van der Waals surface area contributed by atoms with E-state index >= 15 is 0 Å². The highest BCUT2D eigenvalue weighted by atomic mass is 32.2. The average molecular weight is 398 g/mol. The van der Waals surface area contributed by atoms with Crippen LogP contribution in [0.2, 0.25) is 18.1 Å². The van der Waals surface area contributed by atoms with E-state index in [4.69, 9.17) is 4.43 Å². The maximum atomic E-state index is 12.1. The van der Waals surface area contributed by atoms with Gasteiger partial charge in [-0.1, -0.05) is 50.6 Å². The van der Waals surface area contributed by atoms with Gasteiger partial charge in [-0.05, 0) is 56.5 Å². The van der Waals surface area contributed by atoms with Crippen LogP contribution in [0.3, 0.4) is 0 Å². The highest BCUT2D eigenvalue weighted by Crippen LogP contribution is 2.36. The largest absolute Gasteiger partial charge is 0.417 e. The summed E-state index contributed by atoms with van der Waals surface area (Å²) in [6.45, 7) is 14.4. The molecule has 0 aliphatic rings. The van der Waals surface area contributed by atoms with Crippen molar-refractivity contribution in [2.75, 3.05) is 13.2 Å². The Morgan fingerprint density at radius 1 is 1.08 bits per heavy atom. The van der Waals surface area contributed by atoms with Gasteiger partial charge in [0.1, 0.15) is 0 Å². The van der Waals surface area contributed by atoms with Crippen LogP contribution in [0.4, 0.5) is 0 Å². The van der Waals surface area contributed by atoms with E-state index in [9.17, 15) is 8.42 Å². The van der Waals surface area contributed by atoms with Crippen molar-refractivity contribution in [1.29, 1.82) is 0 Å². The van der Waals surface area contributed by atoms with Crippen molar-refractivity contribution in [3.8, 4) is 0 Å². The Kier molecular flexibility index (Phi) is 8.73. The van der Waals surface area contributed by atoms with Gasteiger partial charge in [0.25, 0.3) is 0 Å². The van der Waals surface area contributed by atoms with E-state index < -0.39 is 18.3 Å². The van der Waals surface area contributed by atoms with Gasteiger partial charge in [-0.3, -0.25) is 0 Å². The fourth-order valence-electron chi connectivity index (χ4n) is 2.07. The van der Waals surface area contributed by atoms with Crippen molar-refractivity contribution in [3.05, 3.63) is 42.0 Å². The third-order valence-electron chi connectivity index (χ3n) is 4.92. The summed E-state index contributed by atoms with van der Waals surface area (Å²) >= 11 is 0. The second-order valence-electron chi connectivity index (χ2n) is 8.24. The van der Waals surface area contributed by atoms with Crippen molar-refractivity contribution in [1.82, 2.24) is 4.72 Å². The molecule has 0 heterocycles. The first-order chi connectivity index (χ1) is 12.0. The molecule has 1 rings (SSSR count). The normalized spacial score (nSPS) is 13.5. The van der Waals surface area contributed by atoms with Crippen LogP contribution in [0.5, 0.6) is 0 Å². The molecular weight excluding hydrogens is 362 g/mol. The monoisotopic (exact) mass is 397 g/mol. The molecule has 0 aromatic heterocycles. The Balaban J connectivity index is 2.23. The molecule has 0 bridgehead atoms. The third kappa shape index (κ3) is 7.74. The molecule has 1 aromatic carbocycles. The summed E-state index contributed by atoms with van der Waals surface area (Å²) < 4.78 is 33.0. The SMILES string of the molecule is Cc1ccc(S(=O)(=O)NC/C=C/CCCCO[Si](C)(C)C(C)(C)C)cc1. The minimum atomic E-state index is -3.43. The topological polar surface area (TPSA) is 55.4 Å². The van der Waals surface area contributed by atoms with Crippen molar-refractivity contribution < 1.29 is 12.8 Å². The van der Waals surface area contributed by atoms with Gasteiger partial charge in [0.2, 0.25) is 10.0 Å². The minimum absolute atomic E-state index is 0.252. The van der Waals surface area contributed by atoms with Crippen LogP contribution in [0, 0.1) is 6.92 Å². The van der Waals surface area contributed by atoms with Crippen molar-refractivity contribution in [3.63, 3.8) is 0 Å². The zero-order valence-electron chi connectivity index (χ0n) is 17.1. The second kappa shape index (κ2) is 9.83. The first kappa shape index (κ1) is 23.1. The van der Waals surface area contributed by atoms with E-state index in [0.717, 1.165) is 31.4 Å². The van der Waals surface area contributed by atoms with E-state index in [0.29, 0.717) is 11.4 Å². The predicted molar refractivity (Wildman–Crippen MR) is 113 cm³/mol. The zero-order valence-corrected chi connectivity index (χ0v) is 18.9. The molecular formula is C20H35NO3SSi. The molecule has 0 aliphatic heterocycles. The molecule has 0 saturated carbocycles. The maximum Gasteiger partial charge on any atom is 0.240 e. The van der Waals surface area contributed by atoms with Crippen molar-refractivity contribution >= 4 is 18.3 Å². The van der Waals surface area contributed by atoms with Crippen LogP contribution in [0.25, 0.3) is 0 Å². The molecule has 0 atom stereocenters. The molecule has 0 aliphatic carbocycles. The fraction of sp³-hybridized carbons (Fsp3) is 0.600. The number of hydrogen-bond donors (Lipinski definition) is 1. The molecule has 6 heteroatoms. The molecule has 0 unspecified atom stereocenters. The van der Waals surface area contributed by atoms with Gasteiger partial charge < -0.3 is 4.43 Å². The Hall–Kier alpha value is -0.953. The fourth-order valence-corrected chi connectivity index (χ4v) is 4.13. The summed E-state index contributed by atoms with van der Waals surface area (Å²) in [5.74, 6) is 0. The first-order valence-corrected chi connectivity index (χ1v) is 13.7. The number of allylic oxidation sites excluding steroid dienone is 1. The van der Waals surface area contributed by atoms with Gasteiger partial charge in [-0.15, -0.1) is 0 Å². The van der Waals surface area contributed by atoms with Crippen molar-refractivity contribution in [2.24, 2.45) is 0 Å². The van der Waals surface area contributed by atoms with Gasteiger partial charge >= 0.3 is 0 Å². The molecule has 1 N–H and O–H groups in total. The molecule has 0 saturated heterocycles. The molecule has 0 spiro atoms. The van der Waals surface area contributed by atoms with Crippen LogP contribution in [-0.4, -0.2) is 29.9 Å². The van der Waals surface area contributed by atoms with Crippen LogP contribution in [0.15, 0.2) is 41.3 Å². The number of benzene rings is 1. The lowest BCUT2D eigenvalue weighted by Crippen LogP contribution is -2.40. The summed E-state index contributed by atoms with van der Waals surface area (Å²) in [5, 5.41) is 0.252. The van der Waals surface area contributed by atoms with Crippen LogP contribution < -0.4 is 4.72 Å². The molecule has 4 nitrogen and oxygen atoms in total. The zero-order chi connectivity index (χ0) is 19.8. The standard InChI is InChI=1S/C20H35NO3SSi/c1-18-12-14-19(15-13-18)25(22,23)21-16-10-8-7-9-11-17-24-26(5,6)20(2,3)4/h8,10,12-15,21H,7,9,11,16-17H2,1-6H3/b10-8+. The Morgan fingerprint density at radius 2 is 1.69 bits per heavy atom. The molecule has 0 fully saturated rings. The molecule has 148 valence electrons. The van der Waals surface area contributed by atoms with E-state index in [2.05, 4.69) is 38.6 Å². The lowest BCUT2D eigenvalue weighted by molar-refractivity contribution is 0.279. The number of unbranched alkanes of at least 4 members (excludes halogenated alkanes) is 2. The van der Waals surface area contributed by atoms with Gasteiger partial charge in [0.15, 0.2) is 8.32 Å². The van der Waals surface area contributed by atoms with Gasteiger partial charge in [0.05, 0.1) is 4.90 Å². The van der Waals surface area contributed by atoms with E-state index in [1.807, 2.05) is 19.1 Å². The molecule has 0 radical (unpaired) electrons. The predicted octanol–water partition coefficient (Wildman–Crippen LogP) is 5.02. The number of rotatable bonds is 10. The summed E-state index contributed by atoms with van der Waals surface area (Å²) in [6, 6.07) is 6.86. The van der Waals surface area contributed by atoms with Gasteiger partial charge in [-0.25, -0.2) is 13.1 Å². The molecule has 0 amide bonds. The Bertz CT molecular complexity index is 674. The number of hydrogen-bond acceptors (Lipinski definition) is 3. The van der Waals surface area contributed by atoms with Crippen LogP contribution in [-0.2, 0) is 14.4 Å².